The number of hydrogen-bond acceptors (Lipinski definition) is 1. The van der Waals surface area contributed by atoms with Gasteiger partial charge in [0.15, 0.2) is 5.75 Å². The zero-order valence-corrected chi connectivity index (χ0v) is 8.28. The molecule has 2 aromatic carbocycles. The van der Waals surface area contributed by atoms with Gasteiger partial charge in [0.1, 0.15) is 0 Å². The Morgan fingerprint density at radius 2 is 2.00 bits per heavy atom. The molecule has 0 heterocycles. The second kappa shape index (κ2) is 3.61. The van der Waals surface area contributed by atoms with Crippen molar-refractivity contribution in [1.82, 2.24) is 0 Å². The van der Waals surface area contributed by atoms with Crippen molar-refractivity contribution in [2.75, 3.05) is 5.32 Å². The summed E-state index contributed by atoms with van der Waals surface area (Å²) >= 11 is 0. The van der Waals surface area contributed by atoms with Crippen LogP contribution in [-0.2, 0) is 9.90 Å². The Kier molecular flexibility index (Phi) is 2.29. The van der Waals surface area contributed by atoms with E-state index in [9.17, 15) is 9.90 Å². The van der Waals surface area contributed by atoms with Crippen LogP contribution in [-0.4, -0.2) is 5.91 Å². The monoisotopic (exact) mass is 200 g/mol. The van der Waals surface area contributed by atoms with Crippen LogP contribution in [0.15, 0.2) is 36.4 Å². The average molecular weight is 200 g/mol. The van der Waals surface area contributed by atoms with Gasteiger partial charge in [-0.3, -0.25) is 9.90 Å². The van der Waals surface area contributed by atoms with Crippen LogP contribution >= 0.6 is 0 Å². The van der Waals surface area contributed by atoms with E-state index in [1.165, 1.54) is 13.0 Å². The molecular formula is C12H10NO2. The van der Waals surface area contributed by atoms with Crippen molar-refractivity contribution in [3.63, 3.8) is 0 Å². The smallest absolute Gasteiger partial charge is 0.221 e. The second-order valence-corrected chi connectivity index (χ2v) is 3.37. The van der Waals surface area contributed by atoms with E-state index >= 15 is 0 Å². The van der Waals surface area contributed by atoms with Crippen molar-refractivity contribution in [2.45, 2.75) is 6.92 Å². The zero-order chi connectivity index (χ0) is 10.8. The fraction of sp³-hybridized carbons (Fsp3) is 0.0833. The number of carbonyl (C=O) groups is 1. The van der Waals surface area contributed by atoms with E-state index in [1.807, 2.05) is 6.07 Å². The number of hydrogen-bond donors (Lipinski definition) is 1. The van der Waals surface area contributed by atoms with Crippen molar-refractivity contribution in [2.24, 2.45) is 0 Å². The molecule has 0 atom stereocenters. The first-order valence-electron chi connectivity index (χ1n) is 4.64. The molecule has 0 saturated carbocycles. The van der Waals surface area contributed by atoms with Crippen LogP contribution in [0.4, 0.5) is 5.69 Å². The number of amides is 1. The summed E-state index contributed by atoms with van der Waals surface area (Å²) in [6, 6.07) is 10.3. The number of nitrogens with one attached hydrogen (secondary N) is 1. The number of fused-ring (bicyclic) bond motifs is 1. The SMILES string of the molecule is CC(=O)Nc1ccc2c([O])cccc2c1. The summed E-state index contributed by atoms with van der Waals surface area (Å²) in [6.07, 6.45) is 0. The molecule has 3 nitrogen and oxygen atoms in total. The first kappa shape index (κ1) is 9.52. The Balaban J connectivity index is 2.52. The number of carbonyl (C=O) groups excluding carboxylic acids is 1. The summed E-state index contributed by atoms with van der Waals surface area (Å²) in [7, 11) is 0. The van der Waals surface area contributed by atoms with Crippen LogP contribution in [0.3, 0.4) is 0 Å². The number of rotatable bonds is 1. The molecule has 0 aliphatic heterocycles. The van der Waals surface area contributed by atoms with Gasteiger partial charge in [-0.25, -0.2) is 0 Å². The maximum Gasteiger partial charge on any atom is 0.221 e. The van der Waals surface area contributed by atoms with Crippen molar-refractivity contribution in [3.05, 3.63) is 36.4 Å². The zero-order valence-electron chi connectivity index (χ0n) is 8.28. The van der Waals surface area contributed by atoms with E-state index in [4.69, 9.17) is 0 Å². The summed E-state index contributed by atoms with van der Waals surface area (Å²) < 4.78 is 0. The van der Waals surface area contributed by atoms with Crippen LogP contribution in [0.1, 0.15) is 6.92 Å². The van der Waals surface area contributed by atoms with Gasteiger partial charge in [-0.15, -0.1) is 0 Å². The molecule has 1 N–H and O–H groups in total. The molecule has 75 valence electrons. The molecule has 0 spiro atoms. The molecular weight excluding hydrogens is 190 g/mol. The third kappa shape index (κ3) is 1.91. The fourth-order valence-electron chi connectivity index (χ4n) is 1.53. The molecule has 1 radical (unpaired) electrons. The van der Waals surface area contributed by atoms with Gasteiger partial charge in [0.2, 0.25) is 5.91 Å². The largest absolute Gasteiger partial charge is 0.326 e. The highest BCUT2D eigenvalue weighted by molar-refractivity contribution is 5.95. The first-order chi connectivity index (χ1) is 7.16. The topological polar surface area (TPSA) is 49.0 Å². The number of benzene rings is 2. The Labute approximate surface area is 87.3 Å². The maximum atomic E-state index is 11.4. The van der Waals surface area contributed by atoms with Gasteiger partial charge in [0, 0.05) is 18.0 Å². The van der Waals surface area contributed by atoms with Gasteiger partial charge in [-0.1, -0.05) is 12.1 Å². The minimum atomic E-state index is -0.118. The van der Waals surface area contributed by atoms with Crippen LogP contribution in [0.25, 0.3) is 10.8 Å². The molecule has 15 heavy (non-hydrogen) atoms. The van der Waals surface area contributed by atoms with Gasteiger partial charge in [0.05, 0.1) is 0 Å². The Morgan fingerprint density at radius 1 is 1.20 bits per heavy atom. The van der Waals surface area contributed by atoms with E-state index in [-0.39, 0.29) is 11.7 Å². The lowest BCUT2D eigenvalue weighted by atomic mass is 10.1. The van der Waals surface area contributed by atoms with Gasteiger partial charge < -0.3 is 5.32 Å². The Hall–Kier alpha value is -2.03. The highest BCUT2D eigenvalue weighted by Gasteiger charge is 2.02. The average Bonchev–Trinajstić information content (AvgIpc) is 2.17. The number of anilines is 1. The third-order valence-electron chi connectivity index (χ3n) is 2.16. The van der Waals surface area contributed by atoms with Crippen molar-refractivity contribution >= 4 is 22.4 Å². The summed E-state index contributed by atoms with van der Waals surface area (Å²) in [5.74, 6) is -0.116. The third-order valence-corrected chi connectivity index (χ3v) is 2.16. The fourth-order valence-corrected chi connectivity index (χ4v) is 1.53. The minimum absolute atomic E-state index is 0.00174. The Morgan fingerprint density at radius 3 is 2.73 bits per heavy atom. The lowest BCUT2D eigenvalue weighted by molar-refractivity contribution is -0.114. The summed E-state index contributed by atoms with van der Waals surface area (Å²) in [4.78, 5) is 10.8. The molecule has 0 fully saturated rings. The van der Waals surface area contributed by atoms with E-state index < -0.39 is 0 Å². The van der Waals surface area contributed by atoms with Gasteiger partial charge in [0.25, 0.3) is 0 Å². The minimum Gasteiger partial charge on any atom is -0.326 e. The molecule has 0 unspecified atom stereocenters. The van der Waals surface area contributed by atoms with E-state index in [2.05, 4.69) is 5.32 Å². The lowest BCUT2D eigenvalue weighted by Gasteiger charge is -2.04. The predicted octanol–water partition coefficient (Wildman–Crippen LogP) is 2.94. The first-order valence-corrected chi connectivity index (χ1v) is 4.64. The molecule has 2 rings (SSSR count). The predicted molar refractivity (Wildman–Crippen MR) is 58.4 cm³/mol. The van der Waals surface area contributed by atoms with E-state index in [1.54, 1.807) is 24.3 Å². The summed E-state index contributed by atoms with van der Waals surface area (Å²) in [5, 5.41) is 15.6. The summed E-state index contributed by atoms with van der Waals surface area (Å²) in [5.41, 5.74) is 0.709. The van der Waals surface area contributed by atoms with E-state index in [0.717, 1.165) is 5.39 Å². The van der Waals surface area contributed by atoms with Crippen molar-refractivity contribution in [3.8, 4) is 5.75 Å². The van der Waals surface area contributed by atoms with Gasteiger partial charge >= 0.3 is 0 Å². The van der Waals surface area contributed by atoms with Crippen LogP contribution in [0.5, 0.6) is 5.75 Å². The molecule has 1 amide bonds. The van der Waals surface area contributed by atoms with Crippen molar-refractivity contribution < 1.29 is 9.90 Å². The van der Waals surface area contributed by atoms with Crippen molar-refractivity contribution in [1.29, 1.82) is 0 Å². The molecule has 0 bridgehead atoms. The molecule has 0 aromatic heterocycles. The standard InChI is InChI=1S/C12H10NO2/c1-8(14)13-10-5-6-11-9(7-10)3-2-4-12(11)15/h2-7H,1H3,(H,13,14). The lowest BCUT2D eigenvalue weighted by Crippen LogP contribution is -2.05. The molecule has 0 aliphatic carbocycles. The highest BCUT2D eigenvalue weighted by Crippen LogP contribution is 2.27. The Bertz CT molecular complexity index is 520. The molecule has 2 aromatic rings. The van der Waals surface area contributed by atoms with Gasteiger partial charge in [-0.05, 0) is 29.7 Å². The van der Waals surface area contributed by atoms with Crippen LogP contribution in [0, 0.1) is 0 Å². The molecule has 0 aliphatic rings. The molecule has 3 heteroatoms. The highest BCUT2D eigenvalue weighted by atomic mass is 16.3. The van der Waals surface area contributed by atoms with E-state index in [0.29, 0.717) is 11.1 Å². The second-order valence-electron chi connectivity index (χ2n) is 3.37. The van der Waals surface area contributed by atoms with Crippen LogP contribution in [0.2, 0.25) is 0 Å². The quantitative estimate of drug-likeness (QED) is 0.755. The normalized spacial score (nSPS) is 10.2. The summed E-state index contributed by atoms with van der Waals surface area (Å²) in [6.45, 7) is 1.45. The maximum absolute atomic E-state index is 11.4. The molecule has 0 saturated heterocycles. The van der Waals surface area contributed by atoms with Crippen LogP contribution < -0.4 is 5.32 Å². The van der Waals surface area contributed by atoms with Gasteiger partial charge in [-0.2, -0.15) is 0 Å².